The van der Waals surface area contributed by atoms with E-state index in [0.29, 0.717) is 10.5 Å². The maximum atomic E-state index is 13.6. The lowest BCUT2D eigenvalue weighted by atomic mass is 9.84. The Morgan fingerprint density at radius 3 is 2.33 bits per heavy atom. The number of carbonyl (C=O) groups excluding carboxylic acids is 1. The highest BCUT2D eigenvalue weighted by atomic mass is 32.2. The van der Waals surface area contributed by atoms with Crippen molar-refractivity contribution < 1.29 is 18.1 Å². The summed E-state index contributed by atoms with van der Waals surface area (Å²) in [5.74, 6) is -0.910. The van der Waals surface area contributed by atoms with E-state index in [-0.39, 0.29) is 11.6 Å². The highest BCUT2D eigenvalue weighted by Crippen LogP contribution is 2.46. The lowest BCUT2D eigenvalue weighted by molar-refractivity contribution is -0.130. The highest BCUT2D eigenvalue weighted by Gasteiger charge is 2.49. The van der Waals surface area contributed by atoms with Crippen molar-refractivity contribution in [1.29, 1.82) is 0 Å². The van der Waals surface area contributed by atoms with Crippen LogP contribution in [0, 0.1) is 5.82 Å². The van der Waals surface area contributed by atoms with E-state index in [9.17, 15) is 13.4 Å². The number of Topliss-reactive ketones (excluding diaryl/α,β-unsaturated/α-hetero) is 1. The molecular formula is C19H19FO3S. The van der Waals surface area contributed by atoms with Crippen molar-refractivity contribution in [2.75, 3.05) is 6.26 Å². The zero-order valence-electron chi connectivity index (χ0n) is 13.8. The van der Waals surface area contributed by atoms with E-state index < -0.39 is 28.4 Å². The fourth-order valence-corrected chi connectivity index (χ4v) is 3.61. The summed E-state index contributed by atoms with van der Waals surface area (Å²) in [5.41, 5.74) is 0.490. The van der Waals surface area contributed by atoms with Gasteiger partial charge in [0.25, 0.3) is 0 Å². The van der Waals surface area contributed by atoms with Crippen molar-refractivity contribution in [2.24, 2.45) is 0 Å². The third-order valence-corrected chi connectivity index (χ3v) is 5.28. The first-order chi connectivity index (χ1) is 11.3. The average molecular weight is 346 g/mol. The number of hydrogen-bond donors (Lipinski definition) is 0. The van der Waals surface area contributed by atoms with Gasteiger partial charge in [-0.25, -0.2) is 4.39 Å². The summed E-state index contributed by atoms with van der Waals surface area (Å²) in [6, 6.07) is 13.3. The summed E-state index contributed by atoms with van der Waals surface area (Å²) in [6.07, 6.45) is 1.07. The van der Waals surface area contributed by atoms with Crippen molar-refractivity contribution in [3.05, 3.63) is 65.5 Å². The zero-order chi connectivity index (χ0) is 17.5. The van der Waals surface area contributed by atoms with E-state index in [1.54, 1.807) is 56.5 Å². The molecule has 1 saturated heterocycles. The van der Waals surface area contributed by atoms with Gasteiger partial charge in [0.05, 0.1) is 12.0 Å². The van der Waals surface area contributed by atoms with Gasteiger partial charge in [0.15, 0.2) is 5.78 Å². The lowest BCUT2D eigenvalue weighted by Crippen LogP contribution is -2.29. The molecule has 1 aliphatic rings. The zero-order valence-corrected chi connectivity index (χ0v) is 14.6. The molecule has 1 heterocycles. The molecule has 0 saturated carbocycles. The summed E-state index contributed by atoms with van der Waals surface area (Å²) in [7, 11) is -1.08. The van der Waals surface area contributed by atoms with Crippen LogP contribution >= 0.6 is 0 Å². The Morgan fingerprint density at radius 1 is 1.08 bits per heavy atom. The SMILES string of the molecule is CS(=O)c1ccc(C2C(=O)C(C)(C)OC2c2cccc(F)c2)cc1. The van der Waals surface area contributed by atoms with Crippen LogP contribution in [0.5, 0.6) is 0 Å². The van der Waals surface area contributed by atoms with Crippen LogP contribution < -0.4 is 0 Å². The molecule has 2 aromatic carbocycles. The predicted molar refractivity (Wildman–Crippen MR) is 90.8 cm³/mol. The molecule has 24 heavy (non-hydrogen) atoms. The summed E-state index contributed by atoms with van der Waals surface area (Å²) < 4.78 is 31.1. The van der Waals surface area contributed by atoms with E-state index in [1.165, 1.54) is 12.1 Å². The first-order valence-corrected chi connectivity index (χ1v) is 9.26. The maximum absolute atomic E-state index is 13.6. The second-order valence-corrected chi connectivity index (χ2v) is 7.85. The number of hydrogen-bond acceptors (Lipinski definition) is 3. The first-order valence-electron chi connectivity index (χ1n) is 7.70. The van der Waals surface area contributed by atoms with Crippen LogP contribution in [-0.2, 0) is 20.3 Å². The average Bonchev–Trinajstić information content (AvgIpc) is 2.78. The van der Waals surface area contributed by atoms with E-state index in [0.717, 1.165) is 5.56 Å². The second-order valence-electron chi connectivity index (χ2n) is 6.47. The molecule has 3 nitrogen and oxygen atoms in total. The van der Waals surface area contributed by atoms with Gasteiger partial charge in [-0.05, 0) is 49.2 Å². The third-order valence-electron chi connectivity index (χ3n) is 4.35. The van der Waals surface area contributed by atoms with Gasteiger partial charge in [-0.3, -0.25) is 9.00 Å². The van der Waals surface area contributed by atoms with E-state index in [1.807, 2.05) is 0 Å². The smallest absolute Gasteiger partial charge is 0.174 e. The minimum Gasteiger partial charge on any atom is -0.359 e. The molecule has 0 bridgehead atoms. The van der Waals surface area contributed by atoms with E-state index in [2.05, 4.69) is 0 Å². The third kappa shape index (κ3) is 3.06. The fourth-order valence-electron chi connectivity index (χ4n) is 3.09. The summed E-state index contributed by atoms with van der Waals surface area (Å²) in [6.45, 7) is 3.47. The van der Waals surface area contributed by atoms with Crippen LogP contribution in [0.15, 0.2) is 53.4 Å². The van der Waals surface area contributed by atoms with Crippen LogP contribution in [0.4, 0.5) is 4.39 Å². The molecule has 1 aliphatic heterocycles. The van der Waals surface area contributed by atoms with Gasteiger partial charge < -0.3 is 4.74 Å². The van der Waals surface area contributed by atoms with Gasteiger partial charge in [0, 0.05) is 22.0 Å². The van der Waals surface area contributed by atoms with Gasteiger partial charge in [-0.2, -0.15) is 0 Å². The number of halogens is 1. The number of ether oxygens (including phenoxy) is 1. The summed E-state index contributed by atoms with van der Waals surface area (Å²) in [4.78, 5) is 13.5. The van der Waals surface area contributed by atoms with Gasteiger partial charge in [-0.15, -0.1) is 0 Å². The largest absolute Gasteiger partial charge is 0.359 e. The number of rotatable bonds is 3. The number of ketones is 1. The molecule has 0 aliphatic carbocycles. The molecule has 3 rings (SSSR count). The molecule has 1 fully saturated rings. The number of carbonyl (C=O) groups is 1. The minimum absolute atomic E-state index is 0.0397. The Morgan fingerprint density at radius 2 is 1.75 bits per heavy atom. The van der Waals surface area contributed by atoms with Crippen LogP contribution in [0.25, 0.3) is 0 Å². The molecule has 0 aromatic heterocycles. The minimum atomic E-state index is -1.08. The molecule has 5 heteroatoms. The second kappa shape index (κ2) is 6.22. The molecule has 126 valence electrons. The van der Waals surface area contributed by atoms with E-state index >= 15 is 0 Å². The molecule has 0 spiro atoms. The van der Waals surface area contributed by atoms with Crippen LogP contribution in [0.1, 0.15) is 37.0 Å². The number of benzene rings is 2. The molecule has 2 aromatic rings. The molecule has 0 N–H and O–H groups in total. The van der Waals surface area contributed by atoms with Crippen LogP contribution in [0.3, 0.4) is 0 Å². The quantitative estimate of drug-likeness (QED) is 0.850. The van der Waals surface area contributed by atoms with E-state index in [4.69, 9.17) is 4.74 Å². The molecule has 3 unspecified atom stereocenters. The molecular weight excluding hydrogens is 327 g/mol. The van der Waals surface area contributed by atoms with Crippen molar-refractivity contribution >= 4 is 16.6 Å². The normalized spacial score (nSPS) is 24.1. The Kier molecular flexibility index (Phi) is 4.40. The molecule has 3 atom stereocenters. The van der Waals surface area contributed by atoms with Crippen LogP contribution in [-0.4, -0.2) is 21.8 Å². The molecule has 0 radical (unpaired) electrons. The van der Waals surface area contributed by atoms with Crippen molar-refractivity contribution in [2.45, 2.75) is 36.4 Å². The lowest BCUT2D eigenvalue weighted by Gasteiger charge is -2.19. The Bertz CT molecular complexity index is 799. The Hall–Kier alpha value is -1.85. The van der Waals surface area contributed by atoms with Gasteiger partial charge in [0.1, 0.15) is 11.4 Å². The van der Waals surface area contributed by atoms with Crippen molar-refractivity contribution in [3.63, 3.8) is 0 Å². The Labute approximate surface area is 143 Å². The fraction of sp³-hybridized carbons (Fsp3) is 0.316. The Balaban J connectivity index is 2.04. The highest BCUT2D eigenvalue weighted by molar-refractivity contribution is 7.84. The van der Waals surface area contributed by atoms with Gasteiger partial charge in [0.2, 0.25) is 0 Å². The summed E-state index contributed by atoms with van der Waals surface area (Å²) >= 11 is 0. The maximum Gasteiger partial charge on any atom is 0.174 e. The first kappa shape index (κ1) is 17.0. The van der Waals surface area contributed by atoms with Crippen LogP contribution in [0.2, 0.25) is 0 Å². The topological polar surface area (TPSA) is 43.4 Å². The molecule has 0 amide bonds. The standard InChI is InChI=1S/C19H19FO3S/c1-19(2)18(21)16(12-7-9-15(10-8-12)24(3)22)17(23-19)13-5-4-6-14(20)11-13/h4-11,16-17H,1-3H3. The van der Waals surface area contributed by atoms with Crippen molar-refractivity contribution in [1.82, 2.24) is 0 Å². The monoisotopic (exact) mass is 346 g/mol. The summed E-state index contributed by atoms with van der Waals surface area (Å²) in [5, 5.41) is 0. The van der Waals surface area contributed by atoms with Crippen molar-refractivity contribution in [3.8, 4) is 0 Å². The van der Waals surface area contributed by atoms with Gasteiger partial charge in [-0.1, -0.05) is 24.3 Å². The van der Waals surface area contributed by atoms with Gasteiger partial charge >= 0.3 is 0 Å². The predicted octanol–water partition coefficient (Wildman–Crippen LogP) is 3.77.